The van der Waals surface area contributed by atoms with Crippen molar-refractivity contribution in [1.29, 1.82) is 0 Å². The Morgan fingerprint density at radius 2 is 2.15 bits per heavy atom. The summed E-state index contributed by atoms with van der Waals surface area (Å²) in [6.07, 6.45) is 2.01. The highest BCUT2D eigenvalue weighted by molar-refractivity contribution is 9.08. The van der Waals surface area contributed by atoms with Crippen LogP contribution in [0.3, 0.4) is 0 Å². The SMILES string of the molecule is Cc1cc(C)n2cc(CBr)nc2n1. The highest BCUT2D eigenvalue weighted by atomic mass is 79.9. The largest absolute Gasteiger partial charge is 0.288 e. The number of fused-ring (bicyclic) bond motifs is 1. The molecule has 4 heteroatoms. The second kappa shape index (κ2) is 3.10. The van der Waals surface area contributed by atoms with Crippen molar-refractivity contribution >= 4 is 21.7 Å². The third-order valence-corrected chi connectivity index (χ3v) is 2.52. The minimum Gasteiger partial charge on any atom is -0.288 e. The van der Waals surface area contributed by atoms with Gasteiger partial charge in [0, 0.05) is 22.9 Å². The fraction of sp³-hybridized carbons (Fsp3) is 0.333. The van der Waals surface area contributed by atoms with Crippen molar-refractivity contribution in [2.45, 2.75) is 19.2 Å². The molecule has 2 rings (SSSR count). The summed E-state index contributed by atoms with van der Waals surface area (Å²) in [5.74, 6) is 0.784. The molecule has 0 saturated heterocycles. The van der Waals surface area contributed by atoms with E-state index in [-0.39, 0.29) is 0 Å². The molecule has 0 fully saturated rings. The predicted octanol–water partition coefficient (Wildman–Crippen LogP) is 2.24. The van der Waals surface area contributed by atoms with Crippen molar-refractivity contribution < 1.29 is 0 Å². The number of halogens is 1. The summed E-state index contributed by atoms with van der Waals surface area (Å²) < 4.78 is 2.00. The van der Waals surface area contributed by atoms with Gasteiger partial charge in [-0.15, -0.1) is 0 Å². The van der Waals surface area contributed by atoms with Crippen LogP contribution in [-0.4, -0.2) is 14.4 Å². The minimum atomic E-state index is 0.773. The van der Waals surface area contributed by atoms with E-state index in [1.807, 2.05) is 23.6 Å². The first-order valence-electron chi connectivity index (χ1n) is 4.09. The van der Waals surface area contributed by atoms with Crippen molar-refractivity contribution in [3.05, 3.63) is 29.3 Å². The average Bonchev–Trinajstić information content (AvgIpc) is 2.47. The first kappa shape index (κ1) is 8.69. The minimum absolute atomic E-state index is 0.773. The lowest BCUT2D eigenvalue weighted by atomic mass is 10.3. The molecule has 0 aliphatic carbocycles. The van der Waals surface area contributed by atoms with E-state index in [2.05, 4.69) is 32.8 Å². The van der Waals surface area contributed by atoms with Crippen molar-refractivity contribution in [2.75, 3.05) is 0 Å². The number of alkyl halides is 1. The second-order valence-corrected chi connectivity index (χ2v) is 3.64. The van der Waals surface area contributed by atoms with E-state index in [1.165, 1.54) is 5.69 Å². The van der Waals surface area contributed by atoms with Gasteiger partial charge in [-0.05, 0) is 19.9 Å². The van der Waals surface area contributed by atoms with Crippen molar-refractivity contribution in [3.8, 4) is 0 Å². The smallest absolute Gasteiger partial charge is 0.234 e. The normalized spacial score (nSPS) is 11.0. The van der Waals surface area contributed by atoms with Gasteiger partial charge in [0.1, 0.15) is 0 Å². The molecule has 0 atom stereocenters. The molecule has 2 aromatic rings. The number of rotatable bonds is 1. The van der Waals surface area contributed by atoms with Gasteiger partial charge in [-0.1, -0.05) is 15.9 Å². The van der Waals surface area contributed by atoms with Gasteiger partial charge in [0.05, 0.1) is 5.69 Å². The molecule has 0 aliphatic heterocycles. The Morgan fingerprint density at radius 1 is 1.38 bits per heavy atom. The van der Waals surface area contributed by atoms with Crippen LogP contribution in [0.15, 0.2) is 12.3 Å². The van der Waals surface area contributed by atoms with Gasteiger partial charge < -0.3 is 0 Å². The second-order valence-electron chi connectivity index (χ2n) is 3.07. The Hall–Kier alpha value is -0.900. The number of aryl methyl sites for hydroxylation is 2. The third-order valence-electron chi connectivity index (χ3n) is 1.95. The molecule has 0 amide bonds. The first-order valence-corrected chi connectivity index (χ1v) is 5.21. The summed E-state index contributed by atoms with van der Waals surface area (Å²) in [5.41, 5.74) is 3.19. The van der Waals surface area contributed by atoms with Crippen LogP contribution >= 0.6 is 15.9 Å². The van der Waals surface area contributed by atoms with Crippen LogP contribution in [0.4, 0.5) is 0 Å². The zero-order valence-electron chi connectivity index (χ0n) is 7.58. The molecule has 13 heavy (non-hydrogen) atoms. The van der Waals surface area contributed by atoms with Crippen molar-refractivity contribution in [2.24, 2.45) is 0 Å². The van der Waals surface area contributed by atoms with Crippen LogP contribution in [0.5, 0.6) is 0 Å². The van der Waals surface area contributed by atoms with E-state index < -0.39 is 0 Å². The number of hydrogen-bond donors (Lipinski definition) is 0. The quantitative estimate of drug-likeness (QED) is 0.715. The van der Waals surface area contributed by atoms with Crippen LogP contribution in [-0.2, 0) is 5.33 Å². The fourth-order valence-electron chi connectivity index (χ4n) is 1.38. The lowest BCUT2D eigenvalue weighted by molar-refractivity contribution is 1.01. The van der Waals surface area contributed by atoms with E-state index >= 15 is 0 Å². The molecule has 68 valence electrons. The predicted molar refractivity (Wildman–Crippen MR) is 55.1 cm³/mol. The Bertz CT molecular complexity index is 447. The number of aromatic nitrogens is 3. The zero-order valence-corrected chi connectivity index (χ0v) is 9.17. The molecule has 0 bridgehead atoms. The van der Waals surface area contributed by atoms with Crippen LogP contribution < -0.4 is 0 Å². The number of nitrogens with zero attached hydrogens (tertiary/aromatic N) is 3. The van der Waals surface area contributed by atoms with Gasteiger partial charge in [0.15, 0.2) is 0 Å². The van der Waals surface area contributed by atoms with E-state index in [4.69, 9.17) is 0 Å². The molecule has 2 aromatic heterocycles. The summed E-state index contributed by atoms with van der Waals surface area (Å²) in [7, 11) is 0. The molecular weight excluding hydrogens is 230 g/mol. The maximum atomic E-state index is 4.36. The van der Waals surface area contributed by atoms with Crippen molar-refractivity contribution in [1.82, 2.24) is 14.4 Å². The maximum absolute atomic E-state index is 4.36. The summed E-state index contributed by atoms with van der Waals surface area (Å²) in [5, 5.41) is 0.773. The van der Waals surface area contributed by atoms with Gasteiger partial charge in [-0.3, -0.25) is 4.40 Å². The van der Waals surface area contributed by atoms with Crippen molar-refractivity contribution in [3.63, 3.8) is 0 Å². The zero-order chi connectivity index (χ0) is 9.42. The number of hydrogen-bond acceptors (Lipinski definition) is 2. The molecule has 0 unspecified atom stereocenters. The van der Waals surface area contributed by atoms with E-state index in [0.717, 1.165) is 22.5 Å². The molecule has 0 saturated carbocycles. The molecule has 0 aromatic carbocycles. The molecule has 0 radical (unpaired) electrons. The van der Waals surface area contributed by atoms with E-state index in [0.29, 0.717) is 0 Å². The van der Waals surface area contributed by atoms with Crippen LogP contribution in [0.25, 0.3) is 5.78 Å². The first-order chi connectivity index (χ1) is 6.20. The van der Waals surface area contributed by atoms with Gasteiger partial charge in [-0.25, -0.2) is 9.97 Å². The summed E-state index contributed by atoms with van der Waals surface area (Å²) in [6, 6.07) is 2.05. The average molecular weight is 240 g/mol. The van der Waals surface area contributed by atoms with Gasteiger partial charge in [0.2, 0.25) is 5.78 Å². The molecule has 2 heterocycles. The van der Waals surface area contributed by atoms with Gasteiger partial charge in [-0.2, -0.15) is 0 Å². The lowest BCUT2D eigenvalue weighted by Crippen LogP contribution is -1.94. The highest BCUT2D eigenvalue weighted by Gasteiger charge is 2.03. The lowest BCUT2D eigenvalue weighted by Gasteiger charge is -1.98. The van der Waals surface area contributed by atoms with E-state index in [1.54, 1.807) is 0 Å². The summed E-state index contributed by atoms with van der Waals surface area (Å²) >= 11 is 3.38. The van der Waals surface area contributed by atoms with Crippen LogP contribution in [0.2, 0.25) is 0 Å². The summed E-state index contributed by atoms with van der Waals surface area (Å²) in [6.45, 7) is 4.04. The summed E-state index contributed by atoms with van der Waals surface area (Å²) in [4.78, 5) is 8.69. The Labute approximate surface area is 85.0 Å². The monoisotopic (exact) mass is 239 g/mol. The van der Waals surface area contributed by atoms with Crippen LogP contribution in [0.1, 0.15) is 17.1 Å². The molecule has 0 spiro atoms. The van der Waals surface area contributed by atoms with Crippen LogP contribution in [0, 0.1) is 13.8 Å². The molecule has 3 nitrogen and oxygen atoms in total. The maximum Gasteiger partial charge on any atom is 0.234 e. The molecule has 0 aliphatic rings. The topological polar surface area (TPSA) is 30.2 Å². The van der Waals surface area contributed by atoms with Gasteiger partial charge in [0.25, 0.3) is 0 Å². The fourth-order valence-corrected chi connectivity index (χ4v) is 1.65. The number of imidazole rings is 1. The Morgan fingerprint density at radius 3 is 2.85 bits per heavy atom. The van der Waals surface area contributed by atoms with E-state index in [9.17, 15) is 0 Å². The third kappa shape index (κ3) is 1.46. The Balaban J connectivity index is 2.75. The standard InChI is InChI=1S/C9H10BrN3/c1-6-3-7(2)13-5-8(4-10)12-9(13)11-6/h3,5H,4H2,1-2H3. The Kier molecular flexibility index (Phi) is 2.07. The van der Waals surface area contributed by atoms with Gasteiger partial charge >= 0.3 is 0 Å². The molecule has 0 N–H and O–H groups in total. The highest BCUT2D eigenvalue weighted by Crippen LogP contribution is 2.10. The molecular formula is C9H10BrN3.